The Morgan fingerprint density at radius 2 is 2.00 bits per heavy atom. The largest absolute Gasteiger partial charge is 0.264 e. The summed E-state index contributed by atoms with van der Waals surface area (Å²) >= 11 is 6.07. The van der Waals surface area contributed by atoms with Crippen LogP contribution >= 0.6 is 11.6 Å². The monoisotopic (exact) mass is 259 g/mol. The molecule has 0 N–H and O–H groups in total. The number of hydrogen-bond donors (Lipinski definition) is 0. The molecule has 0 saturated heterocycles. The Morgan fingerprint density at radius 1 is 1.11 bits per heavy atom. The molecule has 0 atom stereocenters. The number of aromatic nitrogens is 3. The summed E-state index contributed by atoms with van der Waals surface area (Å²) in [6.07, 6.45) is 3.29. The zero-order chi connectivity index (χ0) is 12.5. The molecular formula is C13H7ClFN3. The molecule has 2 aromatic heterocycles. The number of hydrogen-bond acceptors (Lipinski definition) is 3. The van der Waals surface area contributed by atoms with Crippen LogP contribution in [0.25, 0.3) is 22.3 Å². The number of fused-ring (bicyclic) bond motifs is 1. The van der Waals surface area contributed by atoms with Gasteiger partial charge in [-0.3, -0.25) is 4.98 Å². The molecule has 0 aliphatic heterocycles. The second-order valence-corrected chi connectivity index (χ2v) is 4.10. The molecule has 2 heterocycles. The van der Waals surface area contributed by atoms with Gasteiger partial charge in [0, 0.05) is 29.4 Å². The van der Waals surface area contributed by atoms with E-state index in [0.717, 1.165) is 5.56 Å². The van der Waals surface area contributed by atoms with Crippen molar-refractivity contribution in [3.8, 4) is 11.4 Å². The molecule has 0 bridgehead atoms. The summed E-state index contributed by atoms with van der Waals surface area (Å²) in [5, 5.41) is 0.935. The summed E-state index contributed by atoms with van der Waals surface area (Å²) in [7, 11) is 0. The van der Waals surface area contributed by atoms with Gasteiger partial charge in [0.25, 0.3) is 0 Å². The van der Waals surface area contributed by atoms with Crippen molar-refractivity contribution in [2.75, 3.05) is 0 Å². The fraction of sp³-hybridized carbons (Fsp3) is 0. The van der Waals surface area contributed by atoms with E-state index >= 15 is 0 Å². The molecule has 1 aromatic carbocycles. The van der Waals surface area contributed by atoms with E-state index in [-0.39, 0.29) is 5.82 Å². The normalized spacial score (nSPS) is 10.8. The van der Waals surface area contributed by atoms with Crippen LogP contribution in [0.15, 0.2) is 42.7 Å². The SMILES string of the molecule is Fc1ccc2c(Cl)nc(-c3cccnc3)nc2c1. The third-order valence-corrected chi connectivity index (χ3v) is 2.82. The lowest BCUT2D eigenvalue weighted by Gasteiger charge is -2.04. The van der Waals surface area contributed by atoms with Crippen LogP contribution in [-0.2, 0) is 0 Å². The molecule has 0 amide bonds. The van der Waals surface area contributed by atoms with Crippen LogP contribution in [0.4, 0.5) is 4.39 Å². The molecule has 0 aliphatic rings. The van der Waals surface area contributed by atoms with Gasteiger partial charge in [-0.15, -0.1) is 0 Å². The molecule has 5 heteroatoms. The maximum absolute atomic E-state index is 13.2. The minimum atomic E-state index is -0.352. The molecule has 0 aliphatic carbocycles. The molecule has 0 spiro atoms. The number of benzene rings is 1. The first-order valence-electron chi connectivity index (χ1n) is 5.27. The van der Waals surface area contributed by atoms with Crippen molar-refractivity contribution >= 4 is 22.5 Å². The molecule has 0 unspecified atom stereocenters. The van der Waals surface area contributed by atoms with Crippen molar-refractivity contribution in [3.63, 3.8) is 0 Å². The predicted octanol–water partition coefficient (Wildman–Crippen LogP) is 3.48. The van der Waals surface area contributed by atoms with Crippen molar-refractivity contribution in [2.24, 2.45) is 0 Å². The summed E-state index contributed by atoms with van der Waals surface area (Å²) in [5.74, 6) is 0.0839. The maximum atomic E-state index is 13.2. The Morgan fingerprint density at radius 3 is 2.78 bits per heavy atom. The first kappa shape index (κ1) is 11.0. The van der Waals surface area contributed by atoms with Crippen LogP contribution in [0.3, 0.4) is 0 Å². The molecule has 0 radical (unpaired) electrons. The first-order chi connectivity index (χ1) is 8.74. The Labute approximate surface area is 107 Å². The van der Waals surface area contributed by atoms with Crippen LogP contribution < -0.4 is 0 Å². The van der Waals surface area contributed by atoms with Gasteiger partial charge in [-0.05, 0) is 24.3 Å². The van der Waals surface area contributed by atoms with Crippen molar-refractivity contribution in [2.45, 2.75) is 0 Å². The lowest BCUT2D eigenvalue weighted by Crippen LogP contribution is -1.92. The fourth-order valence-corrected chi connectivity index (χ4v) is 1.93. The summed E-state index contributed by atoms with van der Waals surface area (Å²) in [6.45, 7) is 0. The third-order valence-electron chi connectivity index (χ3n) is 2.53. The van der Waals surface area contributed by atoms with Gasteiger partial charge in [0.2, 0.25) is 0 Å². The average Bonchev–Trinajstić information content (AvgIpc) is 2.39. The number of nitrogens with zero attached hydrogens (tertiary/aromatic N) is 3. The van der Waals surface area contributed by atoms with E-state index in [4.69, 9.17) is 11.6 Å². The smallest absolute Gasteiger partial charge is 0.163 e. The highest BCUT2D eigenvalue weighted by Gasteiger charge is 2.08. The average molecular weight is 260 g/mol. The number of pyridine rings is 1. The number of rotatable bonds is 1. The van der Waals surface area contributed by atoms with E-state index in [2.05, 4.69) is 15.0 Å². The Hall–Kier alpha value is -2.07. The van der Waals surface area contributed by atoms with Crippen LogP contribution in [0.1, 0.15) is 0 Å². The second-order valence-electron chi connectivity index (χ2n) is 3.74. The Kier molecular flexibility index (Phi) is 2.64. The van der Waals surface area contributed by atoms with E-state index < -0.39 is 0 Å². The van der Waals surface area contributed by atoms with E-state index in [0.29, 0.717) is 21.9 Å². The highest BCUT2D eigenvalue weighted by atomic mass is 35.5. The van der Waals surface area contributed by atoms with Crippen molar-refractivity contribution in [1.82, 2.24) is 15.0 Å². The van der Waals surface area contributed by atoms with E-state index in [1.807, 2.05) is 6.07 Å². The maximum Gasteiger partial charge on any atom is 0.163 e. The van der Waals surface area contributed by atoms with E-state index in [9.17, 15) is 4.39 Å². The molecule has 3 aromatic rings. The Balaban J connectivity index is 2.27. The quantitative estimate of drug-likeness (QED) is 0.628. The molecule has 18 heavy (non-hydrogen) atoms. The predicted molar refractivity (Wildman–Crippen MR) is 67.7 cm³/mol. The summed E-state index contributed by atoms with van der Waals surface area (Å²) in [4.78, 5) is 12.5. The van der Waals surface area contributed by atoms with Crippen LogP contribution in [0.2, 0.25) is 5.15 Å². The fourth-order valence-electron chi connectivity index (χ4n) is 1.69. The van der Waals surface area contributed by atoms with Crippen LogP contribution in [-0.4, -0.2) is 15.0 Å². The van der Waals surface area contributed by atoms with Crippen molar-refractivity contribution in [1.29, 1.82) is 0 Å². The van der Waals surface area contributed by atoms with Gasteiger partial charge in [0.05, 0.1) is 5.52 Å². The number of halogens is 2. The molecule has 3 nitrogen and oxygen atoms in total. The van der Waals surface area contributed by atoms with E-state index in [1.165, 1.54) is 12.1 Å². The second kappa shape index (κ2) is 4.31. The lowest BCUT2D eigenvalue weighted by atomic mass is 10.2. The van der Waals surface area contributed by atoms with Crippen molar-refractivity contribution < 1.29 is 4.39 Å². The van der Waals surface area contributed by atoms with Gasteiger partial charge in [0.1, 0.15) is 11.0 Å². The van der Waals surface area contributed by atoms with Gasteiger partial charge < -0.3 is 0 Å². The first-order valence-corrected chi connectivity index (χ1v) is 5.65. The molecule has 0 saturated carbocycles. The van der Waals surface area contributed by atoms with E-state index in [1.54, 1.807) is 24.5 Å². The highest BCUT2D eigenvalue weighted by Crippen LogP contribution is 2.24. The van der Waals surface area contributed by atoms with Crippen molar-refractivity contribution in [3.05, 3.63) is 53.7 Å². The van der Waals surface area contributed by atoms with Crippen LogP contribution in [0, 0.1) is 5.82 Å². The van der Waals surface area contributed by atoms with Gasteiger partial charge in [-0.1, -0.05) is 11.6 Å². The minimum absolute atomic E-state index is 0.304. The lowest BCUT2D eigenvalue weighted by molar-refractivity contribution is 0.629. The molecular weight excluding hydrogens is 253 g/mol. The third kappa shape index (κ3) is 1.91. The van der Waals surface area contributed by atoms with Gasteiger partial charge in [-0.2, -0.15) is 0 Å². The Bertz CT molecular complexity index is 716. The zero-order valence-electron chi connectivity index (χ0n) is 9.14. The van der Waals surface area contributed by atoms with Crippen LogP contribution in [0.5, 0.6) is 0 Å². The summed E-state index contributed by atoms with van der Waals surface area (Å²) < 4.78 is 13.2. The molecule has 0 fully saturated rings. The minimum Gasteiger partial charge on any atom is -0.264 e. The van der Waals surface area contributed by atoms with Gasteiger partial charge >= 0.3 is 0 Å². The molecule has 88 valence electrons. The van der Waals surface area contributed by atoms with Gasteiger partial charge in [0.15, 0.2) is 5.82 Å². The summed E-state index contributed by atoms with van der Waals surface area (Å²) in [6, 6.07) is 7.84. The van der Waals surface area contributed by atoms with Gasteiger partial charge in [-0.25, -0.2) is 14.4 Å². The standard InChI is InChI=1S/C13H7ClFN3/c14-12-10-4-3-9(15)6-11(10)17-13(18-12)8-2-1-5-16-7-8/h1-7H. The topological polar surface area (TPSA) is 38.7 Å². The summed E-state index contributed by atoms with van der Waals surface area (Å²) in [5.41, 5.74) is 1.22. The molecule has 3 rings (SSSR count). The zero-order valence-corrected chi connectivity index (χ0v) is 9.89. The highest BCUT2D eigenvalue weighted by molar-refractivity contribution is 6.34.